The number of hydrogen-bond donors (Lipinski definition) is 1. The van der Waals surface area contributed by atoms with Crippen molar-refractivity contribution in [2.24, 2.45) is 5.73 Å². The van der Waals surface area contributed by atoms with Gasteiger partial charge in [-0.1, -0.05) is 0 Å². The Morgan fingerprint density at radius 2 is 2.27 bits per heavy atom. The summed E-state index contributed by atoms with van der Waals surface area (Å²) < 4.78 is 0. The van der Waals surface area contributed by atoms with Crippen LogP contribution in [-0.2, 0) is 9.59 Å². The van der Waals surface area contributed by atoms with Gasteiger partial charge in [-0.05, 0) is 12.8 Å². The first kappa shape index (κ1) is 10.6. The van der Waals surface area contributed by atoms with E-state index in [2.05, 4.69) is 0 Å². The van der Waals surface area contributed by atoms with Crippen LogP contribution in [0.1, 0.15) is 19.3 Å². The fourth-order valence-electron chi connectivity index (χ4n) is 2.19. The highest BCUT2D eigenvalue weighted by Crippen LogP contribution is 2.12. The minimum atomic E-state index is -0.0633. The number of amides is 2. The van der Waals surface area contributed by atoms with Crippen LogP contribution in [-0.4, -0.2) is 53.8 Å². The first-order valence-electron chi connectivity index (χ1n) is 5.48. The summed E-state index contributed by atoms with van der Waals surface area (Å²) in [6, 6.07) is 0.187. The number of rotatable bonds is 2. The molecular weight excluding hydrogens is 194 g/mol. The molecule has 0 spiro atoms. The highest BCUT2D eigenvalue weighted by Gasteiger charge is 2.29. The van der Waals surface area contributed by atoms with E-state index in [0.717, 1.165) is 25.9 Å². The molecule has 5 nitrogen and oxygen atoms in total. The summed E-state index contributed by atoms with van der Waals surface area (Å²) in [7, 11) is 0. The summed E-state index contributed by atoms with van der Waals surface area (Å²) in [5.74, 6) is -0.0879. The van der Waals surface area contributed by atoms with Gasteiger partial charge in [-0.25, -0.2) is 0 Å². The number of carbonyl (C=O) groups excluding carboxylic acids is 2. The van der Waals surface area contributed by atoms with Crippen molar-refractivity contribution < 1.29 is 9.59 Å². The Morgan fingerprint density at radius 3 is 2.80 bits per heavy atom. The largest absolute Gasteiger partial charge is 0.326 e. The van der Waals surface area contributed by atoms with Crippen molar-refractivity contribution in [3.05, 3.63) is 0 Å². The monoisotopic (exact) mass is 211 g/mol. The quantitative estimate of drug-likeness (QED) is 0.647. The van der Waals surface area contributed by atoms with Gasteiger partial charge in [-0.15, -0.1) is 0 Å². The predicted molar refractivity (Wildman–Crippen MR) is 55.0 cm³/mol. The summed E-state index contributed by atoms with van der Waals surface area (Å²) in [5.41, 5.74) is 5.75. The highest BCUT2D eigenvalue weighted by atomic mass is 16.2. The van der Waals surface area contributed by atoms with Crippen LogP contribution in [0.25, 0.3) is 0 Å². The van der Waals surface area contributed by atoms with Gasteiger partial charge in [0.15, 0.2) is 0 Å². The van der Waals surface area contributed by atoms with Gasteiger partial charge in [0.05, 0.1) is 6.54 Å². The Morgan fingerprint density at radius 1 is 1.47 bits per heavy atom. The number of nitrogens with two attached hydrogens (primary N) is 1. The third-order valence-corrected chi connectivity index (χ3v) is 3.04. The van der Waals surface area contributed by atoms with Gasteiger partial charge in [0, 0.05) is 32.1 Å². The second-order valence-electron chi connectivity index (χ2n) is 4.33. The van der Waals surface area contributed by atoms with Gasteiger partial charge in [-0.2, -0.15) is 0 Å². The maximum Gasteiger partial charge on any atom is 0.243 e. The van der Waals surface area contributed by atoms with E-state index in [9.17, 15) is 9.59 Å². The van der Waals surface area contributed by atoms with Crippen LogP contribution in [0.5, 0.6) is 0 Å². The summed E-state index contributed by atoms with van der Waals surface area (Å²) >= 11 is 0. The average molecular weight is 211 g/mol. The van der Waals surface area contributed by atoms with Crippen LogP contribution in [0.15, 0.2) is 0 Å². The molecule has 0 aromatic rings. The molecule has 2 amide bonds. The molecule has 2 rings (SSSR count). The standard InChI is InChI=1S/C10H17N3O2/c11-8-3-5-12(6-8)7-10(15)13-4-1-2-9(13)14/h8H,1-7,11H2/t8-/m0/s1. The topological polar surface area (TPSA) is 66.6 Å². The lowest BCUT2D eigenvalue weighted by Gasteiger charge is -2.19. The zero-order chi connectivity index (χ0) is 10.8. The predicted octanol–water partition coefficient (Wildman–Crippen LogP) is -0.832. The van der Waals surface area contributed by atoms with Crippen LogP contribution in [0.4, 0.5) is 0 Å². The zero-order valence-electron chi connectivity index (χ0n) is 8.82. The Labute approximate surface area is 89.2 Å². The first-order valence-corrected chi connectivity index (χ1v) is 5.48. The van der Waals surface area contributed by atoms with E-state index in [0.29, 0.717) is 19.5 Å². The molecule has 2 fully saturated rings. The van der Waals surface area contributed by atoms with E-state index in [-0.39, 0.29) is 17.9 Å². The van der Waals surface area contributed by atoms with Crippen molar-refractivity contribution in [3.8, 4) is 0 Å². The van der Waals surface area contributed by atoms with Gasteiger partial charge in [0.25, 0.3) is 0 Å². The van der Waals surface area contributed by atoms with Gasteiger partial charge < -0.3 is 5.73 Å². The number of nitrogens with zero attached hydrogens (tertiary/aromatic N) is 2. The van der Waals surface area contributed by atoms with Gasteiger partial charge >= 0.3 is 0 Å². The van der Waals surface area contributed by atoms with Crippen LogP contribution >= 0.6 is 0 Å². The molecule has 0 aromatic heterocycles. The van der Waals surface area contributed by atoms with Crippen molar-refractivity contribution >= 4 is 11.8 Å². The fourth-order valence-corrected chi connectivity index (χ4v) is 2.19. The second-order valence-corrected chi connectivity index (χ2v) is 4.33. The lowest BCUT2D eigenvalue weighted by Crippen LogP contribution is -2.40. The van der Waals surface area contributed by atoms with Crippen molar-refractivity contribution in [2.45, 2.75) is 25.3 Å². The molecule has 0 unspecified atom stereocenters. The maximum absolute atomic E-state index is 11.7. The SMILES string of the molecule is N[C@H]1CCN(CC(=O)N2CCCC2=O)C1. The van der Waals surface area contributed by atoms with Crippen LogP contribution in [0.3, 0.4) is 0 Å². The number of hydrogen-bond acceptors (Lipinski definition) is 4. The number of imide groups is 1. The molecule has 5 heteroatoms. The molecule has 0 aliphatic carbocycles. The van der Waals surface area contributed by atoms with E-state index in [4.69, 9.17) is 5.73 Å². The van der Waals surface area contributed by atoms with Crippen molar-refractivity contribution in [3.63, 3.8) is 0 Å². The normalized spacial score (nSPS) is 27.7. The van der Waals surface area contributed by atoms with Gasteiger partial charge in [0.1, 0.15) is 0 Å². The van der Waals surface area contributed by atoms with E-state index in [1.165, 1.54) is 4.90 Å². The van der Waals surface area contributed by atoms with E-state index >= 15 is 0 Å². The Bertz CT molecular complexity index is 280. The zero-order valence-corrected chi connectivity index (χ0v) is 8.82. The fraction of sp³-hybridized carbons (Fsp3) is 0.800. The number of carbonyl (C=O) groups is 2. The smallest absolute Gasteiger partial charge is 0.243 e. The summed E-state index contributed by atoms with van der Waals surface area (Å²) in [4.78, 5) is 26.5. The second kappa shape index (κ2) is 4.28. The lowest BCUT2D eigenvalue weighted by molar-refractivity contribution is -0.142. The molecule has 0 aromatic carbocycles. The van der Waals surface area contributed by atoms with Crippen LogP contribution in [0.2, 0.25) is 0 Å². The summed E-state index contributed by atoms with van der Waals surface area (Å²) in [6.45, 7) is 2.58. The first-order chi connectivity index (χ1) is 7.16. The minimum absolute atomic E-state index is 0.0245. The summed E-state index contributed by atoms with van der Waals surface area (Å²) in [5, 5.41) is 0. The molecule has 0 radical (unpaired) electrons. The Hall–Kier alpha value is -0.940. The molecule has 0 saturated carbocycles. The van der Waals surface area contributed by atoms with Crippen molar-refractivity contribution in [1.82, 2.24) is 9.80 Å². The lowest BCUT2D eigenvalue weighted by atomic mass is 10.3. The molecule has 2 N–H and O–H groups in total. The maximum atomic E-state index is 11.7. The highest BCUT2D eigenvalue weighted by molar-refractivity contribution is 5.97. The van der Waals surface area contributed by atoms with Crippen LogP contribution in [0, 0.1) is 0 Å². The summed E-state index contributed by atoms with van der Waals surface area (Å²) in [6.07, 6.45) is 2.27. The van der Waals surface area contributed by atoms with E-state index in [1.807, 2.05) is 4.90 Å². The molecule has 2 heterocycles. The molecule has 84 valence electrons. The van der Waals surface area contributed by atoms with Gasteiger partial charge in [-0.3, -0.25) is 19.4 Å². The van der Waals surface area contributed by atoms with Crippen LogP contribution < -0.4 is 5.73 Å². The minimum Gasteiger partial charge on any atom is -0.326 e. The van der Waals surface area contributed by atoms with Crippen molar-refractivity contribution in [2.75, 3.05) is 26.2 Å². The molecule has 15 heavy (non-hydrogen) atoms. The average Bonchev–Trinajstić information content (AvgIpc) is 2.75. The molecule has 1 atom stereocenters. The van der Waals surface area contributed by atoms with E-state index in [1.54, 1.807) is 0 Å². The number of likely N-dealkylation sites (tertiary alicyclic amines) is 2. The Kier molecular flexibility index (Phi) is 3.02. The third-order valence-electron chi connectivity index (χ3n) is 3.04. The molecule has 2 aliphatic heterocycles. The molecular formula is C10H17N3O2. The van der Waals surface area contributed by atoms with E-state index < -0.39 is 0 Å². The third kappa shape index (κ3) is 2.35. The Balaban J connectivity index is 1.84. The molecule has 2 saturated heterocycles. The molecule has 2 aliphatic rings. The van der Waals surface area contributed by atoms with Crippen molar-refractivity contribution in [1.29, 1.82) is 0 Å². The molecule has 0 bridgehead atoms. The van der Waals surface area contributed by atoms with Gasteiger partial charge in [0.2, 0.25) is 11.8 Å².